The van der Waals surface area contributed by atoms with Crippen LogP contribution >= 0.6 is 23.2 Å². The van der Waals surface area contributed by atoms with Gasteiger partial charge >= 0.3 is 0 Å². The van der Waals surface area contributed by atoms with E-state index in [0.717, 1.165) is 30.7 Å². The number of carbonyl (C=O) groups is 1. The van der Waals surface area contributed by atoms with Crippen molar-refractivity contribution >= 4 is 34.8 Å². The third-order valence-corrected chi connectivity index (χ3v) is 5.62. The molecule has 162 valence electrons. The number of aromatic nitrogens is 2. The van der Waals surface area contributed by atoms with Crippen LogP contribution in [0.3, 0.4) is 0 Å². The molecule has 1 fully saturated rings. The zero-order valence-corrected chi connectivity index (χ0v) is 18.5. The summed E-state index contributed by atoms with van der Waals surface area (Å²) < 4.78 is 10.6. The van der Waals surface area contributed by atoms with Gasteiger partial charge in [0.05, 0.1) is 19.6 Å². The molecule has 1 aromatic heterocycles. The molecule has 0 aliphatic carbocycles. The van der Waals surface area contributed by atoms with Gasteiger partial charge in [-0.25, -0.2) is 0 Å². The molecule has 2 heterocycles. The van der Waals surface area contributed by atoms with Crippen molar-refractivity contribution in [2.45, 2.75) is 19.4 Å². The van der Waals surface area contributed by atoms with Crippen LogP contribution in [-0.2, 0) is 11.3 Å². The Kier molecular flexibility index (Phi) is 6.75. The molecule has 1 aliphatic heterocycles. The number of hydrogen-bond donors (Lipinski definition) is 1. The number of carbonyl (C=O) groups excluding carboxylic acids is 1. The third-order valence-electron chi connectivity index (χ3n) is 5.18. The standard InChI is InChI=1S/C22H22Cl2N4O3/c1-30-19-6-4-14(5-7-19)21-26-20(31-27-21)13-28-8-2-3-15(12-28)22(29)25-18-10-16(23)9-17(24)11-18/h4-7,9-11,15H,2-3,8,12-13H2,1H3,(H,25,29). The van der Waals surface area contributed by atoms with Gasteiger partial charge in [-0.05, 0) is 61.9 Å². The lowest BCUT2D eigenvalue weighted by Crippen LogP contribution is -2.40. The van der Waals surface area contributed by atoms with Gasteiger partial charge in [-0.1, -0.05) is 28.4 Å². The summed E-state index contributed by atoms with van der Waals surface area (Å²) in [6, 6.07) is 12.5. The van der Waals surface area contributed by atoms with Gasteiger partial charge in [-0.3, -0.25) is 9.69 Å². The molecule has 0 spiro atoms. The number of methoxy groups -OCH3 is 1. The molecule has 2 aromatic carbocycles. The third kappa shape index (κ3) is 5.55. The lowest BCUT2D eigenvalue weighted by Gasteiger charge is -2.30. The number of anilines is 1. The number of nitrogens with zero attached hydrogens (tertiary/aromatic N) is 3. The largest absolute Gasteiger partial charge is 0.497 e. The van der Waals surface area contributed by atoms with Crippen molar-refractivity contribution in [2.75, 3.05) is 25.5 Å². The molecule has 1 N–H and O–H groups in total. The molecule has 0 saturated carbocycles. The first kappa shape index (κ1) is 21.6. The van der Waals surface area contributed by atoms with E-state index in [1.807, 2.05) is 24.3 Å². The lowest BCUT2D eigenvalue weighted by atomic mass is 9.97. The molecule has 4 rings (SSSR count). The molecule has 0 radical (unpaired) electrons. The van der Waals surface area contributed by atoms with Crippen molar-refractivity contribution in [1.82, 2.24) is 15.0 Å². The molecule has 1 amide bonds. The monoisotopic (exact) mass is 460 g/mol. The molecule has 7 nitrogen and oxygen atoms in total. The minimum atomic E-state index is -0.143. The van der Waals surface area contributed by atoms with Crippen LogP contribution in [0.4, 0.5) is 5.69 Å². The van der Waals surface area contributed by atoms with Crippen LogP contribution < -0.4 is 10.1 Å². The van der Waals surface area contributed by atoms with Gasteiger partial charge in [0.15, 0.2) is 0 Å². The Balaban J connectivity index is 1.36. The highest BCUT2D eigenvalue weighted by atomic mass is 35.5. The number of rotatable bonds is 6. The predicted molar refractivity (Wildman–Crippen MR) is 119 cm³/mol. The van der Waals surface area contributed by atoms with E-state index in [4.69, 9.17) is 32.5 Å². The number of piperidine rings is 1. The van der Waals surface area contributed by atoms with E-state index in [1.54, 1.807) is 25.3 Å². The second-order valence-electron chi connectivity index (χ2n) is 7.46. The molecule has 31 heavy (non-hydrogen) atoms. The molecule has 9 heteroatoms. The van der Waals surface area contributed by atoms with Gasteiger partial charge in [0.1, 0.15) is 5.75 Å². The number of hydrogen-bond acceptors (Lipinski definition) is 6. The molecule has 3 aromatic rings. The average Bonchev–Trinajstić information content (AvgIpc) is 3.21. The Hall–Kier alpha value is -2.61. The highest BCUT2D eigenvalue weighted by Crippen LogP contribution is 2.25. The summed E-state index contributed by atoms with van der Waals surface area (Å²) in [6.07, 6.45) is 1.73. The van der Waals surface area contributed by atoms with Crippen LogP contribution in [-0.4, -0.2) is 41.1 Å². The highest BCUT2D eigenvalue weighted by Gasteiger charge is 2.27. The van der Waals surface area contributed by atoms with Crippen LogP contribution in [0.2, 0.25) is 10.0 Å². The maximum atomic E-state index is 12.7. The van der Waals surface area contributed by atoms with Crippen molar-refractivity contribution in [3.05, 3.63) is 58.4 Å². The molecular formula is C22H22Cl2N4O3. The number of nitrogens with one attached hydrogen (secondary N) is 1. The summed E-state index contributed by atoms with van der Waals surface area (Å²) in [6.45, 7) is 1.98. The number of amides is 1. The smallest absolute Gasteiger partial charge is 0.241 e. The highest BCUT2D eigenvalue weighted by molar-refractivity contribution is 6.35. The van der Waals surface area contributed by atoms with Crippen LogP contribution in [0.1, 0.15) is 18.7 Å². The molecule has 0 bridgehead atoms. The Morgan fingerprint density at radius 2 is 1.97 bits per heavy atom. The summed E-state index contributed by atoms with van der Waals surface area (Å²) in [5, 5.41) is 7.96. The Morgan fingerprint density at radius 1 is 1.23 bits per heavy atom. The first-order valence-electron chi connectivity index (χ1n) is 9.96. The topological polar surface area (TPSA) is 80.5 Å². The quantitative estimate of drug-likeness (QED) is 0.563. The van der Waals surface area contributed by atoms with Crippen molar-refractivity contribution in [1.29, 1.82) is 0 Å². The Labute approximate surface area is 190 Å². The number of halogens is 2. The molecular weight excluding hydrogens is 439 g/mol. The first-order chi connectivity index (χ1) is 15.0. The average molecular weight is 461 g/mol. The van der Waals surface area contributed by atoms with E-state index >= 15 is 0 Å². The maximum absolute atomic E-state index is 12.7. The zero-order valence-electron chi connectivity index (χ0n) is 17.0. The van der Waals surface area contributed by atoms with Crippen LogP contribution in [0.25, 0.3) is 11.4 Å². The lowest BCUT2D eigenvalue weighted by molar-refractivity contribution is -0.121. The number of ether oxygens (including phenoxy) is 1. The SMILES string of the molecule is COc1ccc(-c2noc(CN3CCCC(C(=O)Nc4cc(Cl)cc(Cl)c4)C3)n2)cc1. The molecule has 1 saturated heterocycles. The zero-order chi connectivity index (χ0) is 21.8. The van der Waals surface area contributed by atoms with Gasteiger partial charge in [0.2, 0.25) is 17.6 Å². The summed E-state index contributed by atoms with van der Waals surface area (Å²) in [5.74, 6) is 1.63. The van der Waals surface area contributed by atoms with E-state index in [0.29, 0.717) is 40.5 Å². The van der Waals surface area contributed by atoms with Gasteiger partial charge in [-0.15, -0.1) is 0 Å². The Morgan fingerprint density at radius 3 is 2.68 bits per heavy atom. The van der Waals surface area contributed by atoms with Crippen molar-refractivity contribution in [2.24, 2.45) is 5.92 Å². The van der Waals surface area contributed by atoms with E-state index in [9.17, 15) is 4.79 Å². The van der Waals surface area contributed by atoms with Gasteiger partial charge in [0, 0.05) is 27.8 Å². The van der Waals surface area contributed by atoms with Gasteiger partial charge in [0.25, 0.3) is 0 Å². The fraction of sp³-hybridized carbons (Fsp3) is 0.318. The fourth-order valence-corrected chi connectivity index (χ4v) is 4.18. The van der Waals surface area contributed by atoms with Crippen LogP contribution in [0.5, 0.6) is 5.75 Å². The minimum Gasteiger partial charge on any atom is -0.497 e. The summed E-state index contributed by atoms with van der Waals surface area (Å²) >= 11 is 12.0. The summed E-state index contributed by atoms with van der Waals surface area (Å²) in [5.41, 5.74) is 1.45. The molecule has 1 aliphatic rings. The normalized spacial score (nSPS) is 16.8. The van der Waals surface area contributed by atoms with Crippen molar-refractivity contribution < 1.29 is 14.1 Å². The van der Waals surface area contributed by atoms with E-state index in [-0.39, 0.29) is 11.8 Å². The van der Waals surface area contributed by atoms with E-state index in [2.05, 4.69) is 20.4 Å². The minimum absolute atomic E-state index is 0.0486. The number of benzene rings is 2. The number of likely N-dealkylation sites (tertiary alicyclic amines) is 1. The van der Waals surface area contributed by atoms with Gasteiger partial charge in [-0.2, -0.15) is 4.98 Å². The van der Waals surface area contributed by atoms with Crippen molar-refractivity contribution in [3.8, 4) is 17.1 Å². The van der Waals surface area contributed by atoms with E-state index < -0.39 is 0 Å². The second-order valence-corrected chi connectivity index (χ2v) is 8.33. The molecule has 1 atom stereocenters. The van der Waals surface area contributed by atoms with Crippen LogP contribution in [0.15, 0.2) is 47.0 Å². The molecule has 1 unspecified atom stereocenters. The maximum Gasteiger partial charge on any atom is 0.241 e. The first-order valence-corrected chi connectivity index (χ1v) is 10.7. The second kappa shape index (κ2) is 9.68. The van der Waals surface area contributed by atoms with Gasteiger partial charge < -0.3 is 14.6 Å². The predicted octanol–water partition coefficient (Wildman–Crippen LogP) is 4.90. The summed E-state index contributed by atoms with van der Waals surface area (Å²) in [4.78, 5) is 19.4. The Bertz CT molecular complexity index is 1030. The van der Waals surface area contributed by atoms with Crippen molar-refractivity contribution in [3.63, 3.8) is 0 Å². The van der Waals surface area contributed by atoms with Crippen LogP contribution in [0, 0.1) is 5.92 Å². The summed E-state index contributed by atoms with van der Waals surface area (Å²) in [7, 11) is 1.62. The fourth-order valence-electron chi connectivity index (χ4n) is 3.65. The van der Waals surface area contributed by atoms with E-state index in [1.165, 1.54) is 0 Å².